The number of aromatic nitrogens is 4. The second-order valence-electron chi connectivity index (χ2n) is 14.4. The van der Waals surface area contributed by atoms with Crippen molar-refractivity contribution in [2.45, 2.75) is 44.5 Å². The molecule has 61 heavy (non-hydrogen) atoms. The van der Waals surface area contributed by atoms with Crippen LogP contribution in [-0.4, -0.2) is 116 Å². The number of alkyl halides is 3. The Kier molecular flexibility index (Phi) is 13.3. The van der Waals surface area contributed by atoms with Crippen molar-refractivity contribution < 1.29 is 45.7 Å². The van der Waals surface area contributed by atoms with Crippen LogP contribution in [0.3, 0.4) is 0 Å². The van der Waals surface area contributed by atoms with E-state index in [-0.39, 0.29) is 36.1 Å². The van der Waals surface area contributed by atoms with Gasteiger partial charge < -0.3 is 28.3 Å². The van der Waals surface area contributed by atoms with Gasteiger partial charge in [0, 0.05) is 57.0 Å². The number of furan rings is 1. The number of thiophene rings is 1. The molecule has 0 N–H and O–H groups in total. The van der Waals surface area contributed by atoms with Crippen LogP contribution in [0.5, 0.6) is 17.4 Å². The molecule has 0 amide bonds. The van der Waals surface area contributed by atoms with Crippen molar-refractivity contribution in [2.24, 2.45) is 0 Å². The third-order valence-corrected chi connectivity index (χ3v) is 11.6. The first-order chi connectivity index (χ1) is 29.1. The molecule has 4 aromatic heterocycles. The summed E-state index contributed by atoms with van der Waals surface area (Å²) < 4.78 is 84.4. The van der Waals surface area contributed by atoms with Gasteiger partial charge in [-0.25, -0.2) is 14.8 Å². The summed E-state index contributed by atoms with van der Waals surface area (Å²) in [6, 6.07) is 13.1. The molecule has 316 valence electrons. The Labute approximate surface area is 360 Å². The highest BCUT2D eigenvalue weighted by atomic mass is 35.5. The molecule has 7 rings (SSSR count). The smallest absolute Gasteiger partial charge is 0.408 e. The Morgan fingerprint density at radius 1 is 1.03 bits per heavy atom. The van der Waals surface area contributed by atoms with Gasteiger partial charge in [0.15, 0.2) is 0 Å². The molecule has 1 fully saturated rings. The van der Waals surface area contributed by atoms with Gasteiger partial charge in [-0.1, -0.05) is 35.9 Å². The number of carbonyl (C=O) groups is 1. The maximum absolute atomic E-state index is 14.4. The standard InChI is InChI=1S/C41H39B2ClF4N6O6S/c1-4-56-39(55)30(21-25-7-5-6-8-27(25)60-41(42,43)31-13-14-51-54(31)22-40(46,47)48)59-37-34-33(36(29-11-12-32(45)58-29)61-38(34)50-23-49-37)26-9-10-28(35(44)24(26)2)57-20-19-53-17-15-52(3)16-18-53/h5-14,23,30H,4,15-22H2,1-3H3/t30-/m0/s1. The SMILES string of the molecule is [B]C([B])(Oc1ccccc1C[C@H](Oc1ncnc2sc(-c3ccc(F)o3)c(-c3ccc(OCCN4CCN(C)CC4)c(Cl)c3C)c12)C(=O)OCC)c1ccnn1CC(F)(F)F. The van der Waals surface area contributed by atoms with Crippen molar-refractivity contribution in [3.63, 3.8) is 0 Å². The number of halogens is 5. The molecule has 0 saturated carbocycles. The average molecular weight is 877 g/mol. The lowest BCUT2D eigenvalue weighted by Crippen LogP contribution is -2.45. The van der Waals surface area contributed by atoms with Gasteiger partial charge in [-0.3, -0.25) is 9.58 Å². The van der Waals surface area contributed by atoms with Crippen molar-refractivity contribution in [3.05, 3.63) is 95.0 Å². The van der Waals surface area contributed by atoms with Crippen LogP contribution in [0.25, 0.3) is 32.0 Å². The number of likely N-dealkylation sites (N-methyl/N-ethyl adjacent to an activating group) is 1. The van der Waals surface area contributed by atoms with Crippen LogP contribution in [0.2, 0.25) is 5.02 Å². The van der Waals surface area contributed by atoms with E-state index in [1.54, 1.807) is 31.2 Å². The predicted molar refractivity (Wildman–Crippen MR) is 223 cm³/mol. The van der Waals surface area contributed by atoms with E-state index in [9.17, 15) is 22.4 Å². The highest BCUT2D eigenvalue weighted by molar-refractivity contribution is 7.22. The molecule has 12 nitrogen and oxygen atoms in total. The summed E-state index contributed by atoms with van der Waals surface area (Å²) in [6.07, 6.45) is -3.79. The first kappa shape index (κ1) is 44.0. The van der Waals surface area contributed by atoms with Gasteiger partial charge in [-0.05, 0) is 61.9 Å². The summed E-state index contributed by atoms with van der Waals surface area (Å²) in [7, 11) is 14.7. The first-order valence-corrected chi connectivity index (χ1v) is 20.4. The van der Waals surface area contributed by atoms with Gasteiger partial charge in [0.25, 0.3) is 6.01 Å². The van der Waals surface area contributed by atoms with E-state index >= 15 is 0 Å². The molecular formula is C41H39B2ClF4N6O6S. The number of carbonyl (C=O) groups excluding carboxylic acids is 1. The molecular weight excluding hydrogens is 838 g/mol. The molecule has 4 radical (unpaired) electrons. The fourth-order valence-corrected chi connectivity index (χ4v) is 8.30. The number of benzene rings is 2. The second kappa shape index (κ2) is 18.5. The minimum absolute atomic E-state index is 0.00727. The molecule has 1 atom stereocenters. The minimum atomic E-state index is -4.62. The summed E-state index contributed by atoms with van der Waals surface area (Å²) in [5.74, 6) is -0.0333. The van der Waals surface area contributed by atoms with E-state index in [0.717, 1.165) is 38.9 Å². The second-order valence-corrected chi connectivity index (χ2v) is 15.7. The number of para-hydroxylation sites is 1. The highest BCUT2D eigenvalue weighted by Gasteiger charge is 2.35. The maximum atomic E-state index is 14.4. The quantitative estimate of drug-likeness (QED) is 0.0560. The summed E-state index contributed by atoms with van der Waals surface area (Å²) in [5, 5.41) is 2.17. The van der Waals surface area contributed by atoms with Crippen molar-refractivity contribution in [1.82, 2.24) is 29.5 Å². The monoisotopic (exact) mass is 876 g/mol. The molecule has 6 aromatic rings. The number of esters is 1. The molecule has 1 aliphatic heterocycles. The minimum Gasteiger partial charge on any atom is -0.501 e. The zero-order valence-corrected chi connectivity index (χ0v) is 35.0. The first-order valence-electron chi connectivity index (χ1n) is 19.2. The van der Waals surface area contributed by atoms with Gasteiger partial charge in [0.2, 0.25) is 12.0 Å². The Bertz CT molecular complexity index is 2490. The number of rotatable bonds is 16. The predicted octanol–water partition coefficient (Wildman–Crippen LogP) is 7.18. The molecule has 20 heteroatoms. The number of hydrogen-bond donors (Lipinski definition) is 0. The third kappa shape index (κ3) is 10.2. The summed E-state index contributed by atoms with van der Waals surface area (Å²) in [4.78, 5) is 28.2. The fraction of sp³-hybridized carbons (Fsp3) is 0.366. The van der Waals surface area contributed by atoms with E-state index in [1.165, 1.54) is 41.9 Å². The van der Waals surface area contributed by atoms with E-state index in [1.807, 2.05) is 13.0 Å². The number of piperazine rings is 1. The lowest BCUT2D eigenvalue weighted by atomic mass is 9.63. The van der Waals surface area contributed by atoms with E-state index in [4.69, 9.17) is 50.7 Å². The van der Waals surface area contributed by atoms with Crippen molar-refractivity contribution in [2.75, 3.05) is 53.0 Å². The molecule has 5 heterocycles. The van der Waals surface area contributed by atoms with Crippen LogP contribution in [-0.2, 0) is 27.9 Å². The van der Waals surface area contributed by atoms with Crippen LogP contribution in [0, 0.1) is 12.9 Å². The highest BCUT2D eigenvalue weighted by Crippen LogP contribution is 2.50. The Morgan fingerprint density at radius 2 is 1.80 bits per heavy atom. The van der Waals surface area contributed by atoms with Crippen molar-refractivity contribution in [1.29, 1.82) is 0 Å². The normalized spacial score (nSPS) is 14.6. The van der Waals surface area contributed by atoms with Crippen molar-refractivity contribution in [3.8, 4) is 39.1 Å². The summed E-state index contributed by atoms with van der Waals surface area (Å²) in [6.45, 7) is 7.03. The van der Waals surface area contributed by atoms with Crippen LogP contribution >= 0.6 is 22.9 Å². The molecule has 0 aliphatic carbocycles. The summed E-state index contributed by atoms with van der Waals surface area (Å²) in [5.41, 5.74) is 1.85. The van der Waals surface area contributed by atoms with Gasteiger partial charge in [0.1, 0.15) is 57.3 Å². The zero-order chi connectivity index (χ0) is 43.5. The van der Waals surface area contributed by atoms with Gasteiger partial charge in [-0.15, -0.1) is 11.3 Å². The Morgan fingerprint density at radius 3 is 2.52 bits per heavy atom. The van der Waals surface area contributed by atoms with Crippen LogP contribution in [0.4, 0.5) is 17.6 Å². The van der Waals surface area contributed by atoms with Gasteiger partial charge in [0.05, 0.1) is 33.0 Å². The largest absolute Gasteiger partial charge is 0.501 e. The molecule has 1 aliphatic rings. The lowest BCUT2D eigenvalue weighted by Gasteiger charge is -2.32. The lowest BCUT2D eigenvalue weighted by molar-refractivity contribution is -0.151. The molecule has 0 spiro atoms. The Hall–Kier alpha value is -5.10. The van der Waals surface area contributed by atoms with E-state index < -0.39 is 36.2 Å². The molecule has 0 bridgehead atoms. The zero-order valence-electron chi connectivity index (χ0n) is 33.4. The maximum Gasteiger partial charge on any atom is 0.408 e. The van der Waals surface area contributed by atoms with E-state index in [0.29, 0.717) is 59.4 Å². The third-order valence-electron chi connectivity index (χ3n) is 10.0. The van der Waals surface area contributed by atoms with Crippen molar-refractivity contribution >= 4 is 54.8 Å². The molecule has 0 unspecified atom stereocenters. The number of nitrogens with zero attached hydrogens (tertiary/aromatic N) is 6. The number of hydrogen-bond acceptors (Lipinski definition) is 12. The number of fused-ring (bicyclic) bond motifs is 1. The molecule has 2 aromatic carbocycles. The Balaban J connectivity index is 1.23. The van der Waals surface area contributed by atoms with Crippen LogP contribution in [0.1, 0.15) is 23.7 Å². The average Bonchev–Trinajstić information content (AvgIpc) is 3.96. The van der Waals surface area contributed by atoms with Gasteiger partial charge in [-0.2, -0.15) is 22.7 Å². The van der Waals surface area contributed by atoms with Crippen LogP contribution in [0.15, 0.2) is 71.5 Å². The summed E-state index contributed by atoms with van der Waals surface area (Å²) >= 11 is 8.19. The van der Waals surface area contributed by atoms with Crippen LogP contribution < -0.4 is 14.2 Å². The topological polar surface area (TPSA) is 117 Å². The number of ether oxygens (including phenoxy) is 4. The van der Waals surface area contributed by atoms with E-state index in [2.05, 4.69) is 31.9 Å². The van der Waals surface area contributed by atoms with Gasteiger partial charge >= 0.3 is 12.1 Å². The fourth-order valence-electron chi connectivity index (χ4n) is 6.97. The molecule has 1 saturated heterocycles.